The lowest BCUT2D eigenvalue weighted by molar-refractivity contribution is 0.0697. The van der Waals surface area contributed by atoms with Crippen molar-refractivity contribution in [1.29, 1.82) is 5.26 Å². The molecule has 0 spiro atoms. The Morgan fingerprint density at radius 3 is 2.70 bits per heavy atom. The molecule has 1 aromatic carbocycles. The third kappa shape index (κ3) is 2.21. The van der Waals surface area contributed by atoms with Gasteiger partial charge in [-0.1, -0.05) is 30.3 Å². The summed E-state index contributed by atoms with van der Waals surface area (Å²) in [5.74, 6) is -1.31. The number of carbonyl (C=O) groups is 2. The highest BCUT2D eigenvalue weighted by Gasteiger charge is 2.46. The molecule has 0 aliphatic heterocycles. The molecule has 0 amide bonds. The summed E-state index contributed by atoms with van der Waals surface area (Å²) in [7, 11) is 0. The Hall–Kier alpha value is -2.65. The van der Waals surface area contributed by atoms with Crippen LogP contribution in [-0.4, -0.2) is 16.9 Å². The average molecular weight is 326 g/mol. The van der Waals surface area contributed by atoms with Gasteiger partial charge in [0.1, 0.15) is 5.00 Å². The summed E-state index contributed by atoms with van der Waals surface area (Å²) in [6.07, 6.45) is 0.898. The van der Waals surface area contributed by atoms with Crippen LogP contribution in [0.3, 0.4) is 0 Å². The molecular weight excluding hydrogens is 312 g/mol. The molecule has 1 heterocycles. The molecule has 5 nitrogen and oxygen atoms in total. The second-order valence-corrected chi connectivity index (χ2v) is 6.62. The monoisotopic (exact) mass is 326 g/mol. The number of nitrogens with two attached hydrogens (primary N) is 1. The third-order valence-electron chi connectivity index (χ3n) is 4.40. The molecule has 1 unspecified atom stereocenters. The molecule has 1 aliphatic rings. The van der Waals surface area contributed by atoms with Crippen LogP contribution in [0.25, 0.3) is 0 Å². The first kappa shape index (κ1) is 15.3. The lowest BCUT2D eigenvalue weighted by atomic mass is 9.66. The molecule has 3 rings (SSSR count). The van der Waals surface area contributed by atoms with E-state index in [1.54, 1.807) is 0 Å². The number of aromatic carboxylic acids is 1. The van der Waals surface area contributed by atoms with Crippen LogP contribution in [0.2, 0.25) is 0 Å². The van der Waals surface area contributed by atoms with Crippen molar-refractivity contribution < 1.29 is 14.7 Å². The Kier molecular flexibility index (Phi) is 3.66. The summed E-state index contributed by atoms with van der Waals surface area (Å²) in [5.41, 5.74) is 6.23. The van der Waals surface area contributed by atoms with Gasteiger partial charge in [0.15, 0.2) is 5.78 Å². The van der Waals surface area contributed by atoms with Gasteiger partial charge in [-0.2, -0.15) is 5.26 Å². The van der Waals surface area contributed by atoms with Crippen molar-refractivity contribution in [3.05, 3.63) is 51.9 Å². The standard InChI is InChI=1S/C17H14N2O3S/c18-9-8-17(10-4-2-1-3-5-10)7-6-11-12(16(21)22)15(19)23-13(11)14(17)20/h1-5H,6-8,19H2,(H,21,22). The van der Waals surface area contributed by atoms with Crippen molar-refractivity contribution in [2.24, 2.45) is 0 Å². The van der Waals surface area contributed by atoms with E-state index in [0.29, 0.717) is 23.3 Å². The van der Waals surface area contributed by atoms with Gasteiger partial charge in [0, 0.05) is 0 Å². The van der Waals surface area contributed by atoms with Crippen molar-refractivity contribution in [3.8, 4) is 6.07 Å². The molecule has 0 radical (unpaired) electrons. The Balaban J connectivity index is 2.18. The Bertz CT molecular complexity index is 836. The molecule has 2 aromatic rings. The van der Waals surface area contributed by atoms with Crippen LogP contribution in [0.5, 0.6) is 0 Å². The summed E-state index contributed by atoms with van der Waals surface area (Å²) in [6, 6.07) is 11.3. The summed E-state index contributed by atoms with van der Waals surface area (Å²) in [5, 5.41) is 18.7. The lowest BCUT2D eigenvalue weighted by Gasteiger charge is -2.34. The number of carboxylic acids is 1. The number of nitriles is 1. The molecule has 0 bridgehead atoms. The van der Waals surface area contributed by atoms with Crippen LogP contribution in [0.1, 0.15) is 44.0 Å². The number of ketones is 1. The van der Waals surface area contributed by atoms with Crippen molar-refractivity contribution in [2.45, 2.75) is 24.7 Å². The van der Waals surface area contributed by atoms with Gasteiger partial charge < -0.3 is 10.8 Å². The van der Waals surface area contributed by atoms with Crippen LogP contribution < -0.4 is 5.73 Å². The highest BCUT2D eigenvalue weighted by atomic mass is 32.1. The molecule has 1 atom stereocenters. The zero-order valence-electron chi connectivity index (χ0n) is 12.2. The zero-order valence-corrected chi connectivity index (χ0v) is 13.0. The Morgan fingerprint density at radius 2 is 2.09 bits per heavy atom. The van der Waals surface area contributed by atoms with E-state index in [0.717, 1.165) is 16.9 Å². The largest absolute Gasteiger partial charge is 0.478 e. The van der Waals surface area contributed by atoms with E-state index in [4.69, 9.17) is 5.73 Å². The van der Waals surface area contributed by atoms with Gasteiger partial charge in [0.05, 0.1) is 28.3 Å². The number of anilines is 1. The van der Waals surface area contributed by atoms with Crippen LogP contribution >= 0.6 is 11.3 Å². The molecule has 0 fully saturated rings. The maximum Gasteiger partial charge on any atom is 0.338 e. The number of hydrogen-bond donors (Lipinski definition) is 2. The van der Waals surface area contributed by atoms with Gasteiger partial charge in [-0.25, -0.2) is 4.79 Å². The quantitative estimate of drug-likeness (QED) is 0.902. The average Bonchev–Trinajstić information content (AvgIpc) is 2.88. The Labute approximate surface area is 137 Å². The third-order valence-corrected chi connectivity index (χ3v) is 5.46. The number of carboxylic acid groups (broad SMARTS) is 1. The van der Waals surface area contributed by atoms with E-state index < -0.39 is 11.4 Å². The van der Waals surface area contributed by atoms with Crippen molar-refractivity contribution in [2.75, 3.05) is 5.73 Å². The van der Waals surface area contributed by atoms with E-state index >= 15 is 0 Å². The van der Waals surface area contributed by atoms with Crippen LogP contribution in [0.15, 0.2) is 30.3 Å². The van der Waals surface area contributed by atoms with E-state index in [1.807, 2.05) is 30.3 Å². The van der Waals surface area contributed by atoms with Crippen LogP contribution in [-0.2, 0) is 11.8 Å². The number of nitrogen functional groups attached to an aromatic ring is 1. The highest BCUT2D eigenvalue weighted by molar-refractivity contribution is 7.18. The van der Waals surface area contributed by atoms with Gasteiger partial charge in [-0.15, -0.1) is 11.3 Å². The van der Waals surface area contributed by atoms with Gasteiger partial charge in [-0.05, 0) is 24.0 Å². The maximum absolute atomic E-state index is 13.1. The normalized spacial score (nSPS) is 19.9. The molecule has 1 aromatic heterocycles. The van der Waals surface area contributed by atoms with Gasteiger partial charge in [0.25, 0.3) is 0 Å². The fourth-order valence-corrected chi connectivity index (χ4v) is 4.40. The van der Waals surface area contributed by atoms with Crippen molar-refractivity contribution >= 4 is 28.1 Å². The minimum Gasteiger partial charge on any atom is -0.478 e. The number of fused-ring (bicyclic) bond motifs is 1. The number of nitrogens with zero attached hydrogens (tertiary/aromatic N) is 1. The minimum absolute atomic E-state index is 0.0389. The lowest BCUT2D eigenvalue weighted by Crippen LogP contribution is -2.39. The molecule has 0 saturated carbocycles. The van der Waals surface area contributed by atoms with E-state index in [2.05, 4.69) is 6.07 Å². The number of rotatable bonds is 3. The fraction of sp³-hybridized carbons (Fsp3) is 0.235. The van der Waals surface area contributed by atoms with Crippen molar-refractivity contribution in [3.63, 3.8) is 0 Å². The predicted octanol–water partition coefficient (Wildman–Crippen LogP) is 3.01. The summed E-state index contributed by atoms with van der Waals surface area (Å²) < 4.78 is 0. The molecule has 3 N–H and O–H groups in total. The first-order chi connectivity index (χ1) is 11.0. The second-order valence-electron chi connectivity index (χ2n) is 5.57. The summed E-state index contributed by atoms with van der Waals surface area (Å²) in [6.45, 7) is 0. The van der Waals surface area contributed by atoms with E-state index in [9.17, 15) is 20.0 Å². The van der Waals surface area contributed by atoms with Gasteiger partial charge >= 0.3 is 5.97 Å². The number of Topliss-reactive ketones (excluding diaryl/α,β-unsaturated/α-hetero) is 1. The molecule has 116 valence electrons. The summed E-state index contributed by atoms with van der Waals surface area (Å²) >= 11 is 1.01. The first-order valence-corrected chi connectivity index (χ1v) is 7.94. The topological polar surface area (TPSA) is 104 Å². The summed E-state index contributed by atoms with van der Waals surface area (Å²) in [4.78, 5) is 24.9. The smallest absolute Gasteiger partial charge is 0.338 e. The minimum atomic E-state index is -1.11. The van der Waals surface area contributed by atoms with E-state index in [1.165, 1.54) is 0 Å². The van der Waals surface area contributed by atoms with Crippen LogP contribution in [0, 0.1) is 11.3 Å². The maximum atomic E-state index is 13.1. The first-order valence-electron chi connectivity index (χ1n) is 7.13. The van der Waals surface area contributed by atoms with Crippen molar-refractivity contribution in [1.82, 2.24) is 0 Å². The highest BCUT2D eigenvalue weighted by Crippen LogP contribution is 2.46. The molecule has 1 aliphatic carbocycles. The number of thiophene rings is 1. The van der Waals surface area contributed by atoms with Gasteiger partial charge in [0.2, 0.25) is 0 Å². The van der Waals surface area contributed by atoms with Gasteiger partial charge in [-0.3, -0.25) is 4.79 Å². The SMILES string of the molecule is N#CCC1(c2ccccc2)CCc2c(sc(N)c2C(=O)O)C1=O. The fourth-order valence-electron chi connectivity index (χ4n) is 3.25. The van der Waals surface area contributed by atoms with E-state index in [-0.39, 0.29) is 22.8 Å². The zero-order chi connectivity index (χ0) is 16.6. The molecule has 0 saturated heterocycles. The number of hydrogen-bond acceptors (Lipinski definition) is 5. The molecular formula is C17H14N2O3S. The predicted molar refractivity (Wildman–Crippen MR) is 86.7 cm³/mol. The number of carbonyl (C=O) groups excluding carboxylic acids is 1. The van der Waals surface area contributed by atoms with Crippen LogP contribution in [0.4, 0.5) is 5.00 Å². The molecule has 6 heteroatoms. The Morgan fingerprint density at radius 1 is 1.39 bits per heavy atom. The second kappa shape index (κ2) is 5.52. The number of benzene rings is 1. The molecule has 23 heavy (non-hydrogen) atoms.